The first-order valence-electron chi connectivity index (χ1n) is 11.7. The van der Waals surface area contributed by atoms with E-state index < -0.39 is 8.80 Å². The molecule has 0 heterocycles. The van der Waals surface area contributed by atoms with Gasteiger partial charge < -0.3 is 27.5 Å². The van der Waals surface area contributed by atoms with Gasteiger partial charge in [-0.3, -0.25) is 0 Å². The minimum Gasteiger partial charge on any atom is -0.382 e. The fraction of sp³-hybridized carbons (Fsp3) is 0.750. The van der Waals surface area contributed by atoms with Crippen LogP contribution in [0.15, 0.2) is 24.3 Å². The minimum atomic E-state index is -3.15. The standard InChI is InChI=1S/C24H44O6Si/c1-5-6-7-8-9-10-11-14-23-15-12-13-16-24(23)31(28-20-17-25-2,29-21-18-26-3)30-22-19-27-4/h12-13,15-16H,5-11,14,17-22H2,1-4H3. The van der Waals surface area contributed by atoms with Gasteiger partial charge in [-0.2, -0.15) is 0 Å². The molecule has 0 radical (unpaired) electrons. The average Bonchev–Trinajstić information content (AvgIpc) is 2.79. The molecule has 0 aliphatic rings. The van der Waals surface area contributed by atoms with Crippen molar-refractivity contribution in [2.75, 3.05) is 61.0 Å². The topological polar surface area (TPSA) is 55.4 Å². The van der Waals surface area contributed by atoms with Crippen molar-refractivity contribution in [2.45, 2.75) is 58.3 Å². The van der Waals surface area contributed by atoms with Crippen LogP contribution in [-0.2, 0) is 33.9 Å². The molecular formula is C24H44O6Si. The fourth-order valence-corrected chi connectivity index (χ4v) is 6.12. The third kappa shape index (κ3) is 11.6. The first-order chi connectivity index (χ1) is 15.2. The van der Waals surface area contributed by atoms with Gasteiger partial charge in [0.1, 0.15) is 0 Å². The Balaban J connectivity index is 2.94. The van der Waals surface area contributed by atoms with E-state index >= 15 is 0 Å². The molecule has 0 spiro atoms. The molecule has 0 N–H and O–H groups in total. The molecule has 180 valence electrons. The molecule has 0 aliphatic heterocycles. The Hall–Kier alpha value is -0.803. The van der Waals surface area contributed by atoms with Crippen LogP contribution in [-0.4, -0.2) is 69.8 Å². The SMILES string of the molecule is CCCCCCCCCc1ccccc1[Si](OCCOC)(OCCOC)OCCOC. The normalized spacial score (nSPS) is 11.9. The van der Waals surface area contributed by atoms with Crippen molar-refractivity contribution in [3.05, 3.63) is 29.8 Å². The molecule has 1 aromatic carbocycles. The lowest BCUT2D eigenvalue weighted by atomic mass is 10.0. The van der Waals surface area contributed by atoms with Crippen LogP contribution in [0.5, 0.6) is 0 Å². The van der Waals surface area contributed by atoms with E-state index in [9.17, 15) is 0 Å². The van der Waals surface area contributed by atoms with Crippen LogP contribution in [0.1, 0.15) is 57.4 Å². The van der Waals surface area contributed by atoms with Gasteiger partial charge in [-0.15, -0.1) is 0 Å². The Morgan fingerprint density at radius 3 is 1.61 bits per heavy atom. The Morgan fingerprint density at radius 2 is 1.10 bits per heavy atom. The van der Waals surface area contributed by atoms with Gasteiger partial charge in [-0.05, 0) is 18.4 Å². The maximum atomic E-state index is 6.32. The van der Waals surface area contributed by atoms with E-state index in [1.54, 1.807) is 21.3 Å². The summed E-state index contributed by atoms with van der Waals surface area (Å²) in [6.07, 6.45) is 9.99. The Labute approximate surface area is 190 Å². The molecule has 0 saturated heterocycles. The predicted octanol–water partition coefficient (Wildman–Crippen LogP) is 4.11. The van der Waals surface area contributed by atoms with E-state index in [1.165, 1.54) is 44.1 Å². The monoisotopic (exact) mass is 456 g/mol. The zero-order valence-electron chi connectivity index (χ0n) is 20.2. The van der Waals surface area contributed by atoms with Gasteiger partial charge in [-0.1, -0.05) is 69.7 Å². The van der Waals surface area contributed by atoms with Crippen molar-refractivity contribution in [3.8, 4) is 0 Å². The molecule has 0 aromatic heterocycles. The first kappa shape index (κ1) is 28.2. The number of unbranched alkanes of at least 4 members (excludes halogenated alkanes) is 6. The maximum Gasteiger partial charge on any atom is 0.537 e. The van der Waals surface area contributed by atoms with Crippen molar-refractivity contribution in [2.24, 2.45) is 0 Å². The van der Waals surface area contributed by atoms with Crippen LogP contribution in [0, 0.1) is 0 Å². The Kier molecular flexibility index (Phi) is 17.1. The summed E-state index contributed by atoms with van der Waals surface area (Å²) in [5.74, 6) is 0. The number of ether oxygens (including phenoxy) is 3. The number of benzene rings is 1. The average molecular weight is 457 g/mol. The van der Waals surface area contributed by atoms with Crippen LogP contribution >= 0.6 is 0 Å². The molecular weight excluding hydrogens is 412 g/mol. The summed E-state index contributed by atoms with van der Waals surface area (Å²) in [4.78, 5) is 0. The van der Waals surface area contributed by atoms with Gasteiger partial charge in [0.25, 0.3) is 0 Å². The highest BCUT2D eigenvalue weighted by atomic mass is 28.4. The molecule has 1 aromatic rings. The number of aryl methyl sites for hydroxylation is 1. The van der Waals surface area contributed by atoms with Crippen molar-refractivity contribution >= 4 is 14.0 Å². The second-order valence-electron chi connectivity index (χ2n) is 7.61. The van der Waals surface area contributed by atoms with E-state index in [-0.39, 0.29) is 0 Å². The first-order valence-corrected chi connectivity index (χ1v) is 13.4. The van der Waals surface area contributed by atoms with E-state index in [0.29, 0.717) is 39.6 Å². The quantitative estimate of drug-likeness (QED) is 0.205. The van der Waals surface area contributed by atoms with Crippen molar-refractivity contribution in [1.29, 1.82) is 0 Å². The van der Waals surface area contributed by atoms with Crippen LogP contribution in [0.3, 0.4) is 0 Å². The molecule has 0 saturated carbocycles. The largest absolute Gasteiger partial charge is 0.537 e. The molecule has 0 atom stereocenters. The maximum absolute atomic E-state index is 6.32. The summed E-state index contributed by atoms with van der Waals surface area (Å²) >= 11 is 0. The molecule has 0 aliphatic carbocycles. The van der Waals surface area contributed by atoms with Gasteiger partial charge in [0.05, 0.1) is 39.6 Å². The molecule has 0 fully saturated rings. The number of methoxy groups -OCH3 is 3. The summed E-state index contributed by atoms with van der Waals surface area (Å²) in [6.45, 7) is 4.93. The van der Waals surface area contributed by atoms with E-state index in [4.69, 9.17) is 27.5 Å². The smallest absolute Gasteiger partial charge is 0.382 e. The molecule has 7 heteroatoms. The second kappa shape index (κ2) is 18.7. The van der Waals surface area contributed by atoms with E-state index in [1.807, 2.05) is 6.07 Å². The third-order valence-corrected chi connectivity index (χ3v) is 8.04. The van der Waals surface area contributed by atoms with Gasteiger partial charge >= 0.3 is 8.80 Å². The van der Waals surface area contributed by atoms with Gasteiger partial charge in [0, 0.05) is 26.5 Å². The van der Waals surface area contributed by atoms with Crippen molar-refractivity contribution in [1.82, 2.24) is 0 Å². The summed E-state index contributed by atoms with van der Waals surface area (Å²) in [5, 5.41) is 1.05. The molecule has 6 nitrogen and oxygen atoms in total. The third-order valence-electron chi connectivity index (χ3n) is 5.14. The van der Waals surface area contributed by atoms with Gasteiger partial charge in [0.15, 0.2) is 0 Å². The van der Waals surface area contributed by atoms with Crippen LogP contribution in [0.4, 0.5) is 0 Å². The lowest BCUT2D eigenvalue weighted by Crippen LogP contribution is -2.59. The summed E-state index contributed by atoms with van der Waals surface area (Å²) < 4.78 is 34.6. The summed E-state index contributed by atoms with van der Waals surface area (Å²) in [5.41, 5.74) is 1.25. The zero-order valence-corrected chi connectivity index (χ0v) is 21.2. The molecule has 31 heavy (non-hydrogen) atoms. The Morgan fingerprint density at radius 1 is 0.613 bits per heavy atom. The zero-order chi connectivity index (χ0) is 22.6. The van der Waals surface area contributed by atoms with Crippen LogP contribution in [0.2, 0.25) is 0 Å². The predicted molar refractivity (Wildman–Crippen MR) is 127 cm³/mol. The number of rotatable bonds is 21. The summed E-state index contributed by atoms with van der Waals surface area (Å²) in [7, 11) is 1.84. The van der Waals surface area contributed by atoms with E-state index in [0.717, 1.165) is 18.0 Å². The van der Waals surface area contributed by atoms with Crippen molar-refractivity contribution < 1.29 is 27.5 Å². The lowest BCUT2D eigenvalue weighted by Gasteiger charge is -2.31. The van der Waals surface area contributed by atoms with Crippen LogP contribution < -0.4 is 5.19 Å². The van der Waals surface area contributed by atoms with Gasteiger partial charge in [-0.25, -0.2) is 0 Å². The number of hydrogen-bond acceptors (Lipinski definition) is 6. The second-order valence-corrected chi connectivity index (χ2v) is 10.1. The minimum absolute atomic E-state index is 0.411. The molecule has 0 amide bonds. The molecule has 0 unspecified atom stereocenters. The number of hydrogen-bond donors (Lipinski definition) is 0. The molecule has 1 rings (SSSR count). The van der Waals surface area contributed by atoms with Crippen LogP contribution in [0.25, 0.3) is 0 Å². The van der Waals surface area contributed by atoms with E-state index in [2.05, 4.69) is 25.1 Å². The fourth-order valence-electron chi connectivity index (χ4n) is 3.45. The van der Waals surface area contributed by atoms with Gasteiger partial charge in [0.2, 0.25) is 0 Å². The van der Waals surface area contributed by atoms with Crippen molar-refractivity contribution in [3.63, 3.8) is 0 Å². The lowest BCUT2D eigenvalue weighted by molar-refractivity contribution is 0.0242. The molecule has 0 bridgehead atoms. The summed E-state index contributed by atoms with van der Waals surface area (Å²) in [6, 6.07) is 8.38. The highest BCUT2D eigenvalue weighted by molar-refractivity contribution is 6.75. The highest BCUT2D eigenvalue weighted by Crippen LogP contribution is 2.17. The highest BCUT2D eigenvalue weighted by Gasteiger charge is 2.45. The Bertz CT molecular complexity index is 516.